The molecule has 0 unspecified atom stereocenters. The summed E-state index contributed by atoms with van der Waals surface area (Å²) in [6, 6.07) is 6.09. The molecule has 23 heavy (non-hydrogen) atoms. The maximum Gasteiger partial charge on any atom is 0.331 e. The van der Waals surface area contributed by atoms with Crippen LogP contribution >= 0.6 is 0 Å². The number of rotatable bonds is 3. The van der Waals surface area contributed by atoms with Crippen LogP contribution in [0.1, 0.15) is 23.6 Å². The number of carbonyl (C=O) groups is 2. The predicted octanol–water partition coefficient (Wildman–Crippen LogP) is 0.233. The number of hydrogen-bond acceptors (Lipinski definition) is 4. The summed E-state index contributed by atoms with van der Waals surface area (Å²) in [5.41, 5.74) is 1.52. The van der Waals surface area contributed by atoms with Gasteiger partial charge in [-0.15, -0.1) is 0 Å². The Kier molecular flexibility index (Phi) is 4.11. The molecule has 1 fully saturated rings. The minimum absolute atomic E-state index is 0.0471. The molecule has 1 atom stereocenters. The molecule has 8 heteroatoms. The molecule has 0 aliphatic carbocycles. The molecule has 1 amide bonds. The van der Waals surface area contributed by atoms with E-state index in [1.165, 1.54) is 4.90 Å². The molecular weight excluding hydrogens is 320 g/mol. The summed E-state index contributed by atoms with van der Waals surface area (Å²) < 4.78 is 24.8. The Labute approximate surface area is 134 Å². The van der Waals surface area contributed by atoms with Crippen LogP contribution in [0.4, 0.5) is 0 Å². The van der Waals surface area contributed by atoms with Crippen LogP contribution in [0.3, 0.4) is 0 Å². The quantitative estimate of drug-likeness (QED) is 0.851. The van der Waals surface area contributed by atoms with Gasteiger partial charge in [0.05, 0.1) is 12.3 Å². The van der Waals surface area contributed by atoms with Crippen molar-refractivity contribution in [2.75, 3.05) is 25.4 Å². The van der Waals surface area contributed by atoms with Crippen molar-refractivity contribution in [3.05, 3.63) is 35.4 Å². The van der Waals surface area contributed by atoms with Crippen LogP contribution < -0.4 is 0 Å². The smallest absolute Gasteiger partial charge is 0.331 e. The number of amides is 1. The summed E-state index contributed by atoms with van der Waals surface area (Å²) in [5, 5.41) is 9.54. The molecule has 0 saturated carbocycles. The van der Waals surface area contributed by atoms with Gasteiger partial charge in [-0.05, 0) is 24.0 Å². The van der Waals surface area contributed by atoms with Crippen LogP contribution in [0.5, 0.6) is 0 Å². The molecule has 2 aliphatic heterocycles. The zero-order valence-corrected chi connectivity index (χ0v) is 13.3. The largest absolute Gasteiger partial charge is 0.479 e. The van der Waals surface area contributed by atoms with E-state index in [0.717, 1.165) is 9.87 Å². The normalized spacial score (nSPS) is 23.5. The third-order valence-corrected chi connectivity index (χ3v) is 6.26. The van der Waals surface area contributed by atoms with E-state index in [1.54, 1.807) is 12.1 Å². The van der Waals surface area contributed by atoms with Crippen molar-refractivity contribution in [1.29, 1.82) is 0 Å². The van der Waals surface area contributed by atoms with Gasteiger partial charge in [-0.25, -0.2) is 13.2 Å². The van der Waals surface area contributed by atoms with Gasteiger partial charge in [-0.3, -0.25) is 4.79 Å². The molecule has 1 aromatic carbocycles. The highest BCUT2D eigenvalue weighted by atomic mass is 32.2. The topological polar surface area (TPSA) is 95.0 Å². The SMILES string of the molecule is O=C(O)[C@@H]1c2ccccc2CCN1C(=O)CN1CCCS1(=O)=O. The second-order valence-corrected chi connectivity index (χ2v) is 7.87. The Balaban J connectivity index is 1.84. The molecule has 2 aliphatic rings. The van der Waals surface area contributed by atoms with E-state index in [-0.39, 0.29) is 18.8 Å². The van der Waals surface area contributed by atoms with Gasteiger partial charge in [0.15, 0.2) is 6.04 Å². The van der Waals surface area contributed by atoms with Gasteiger partial charge in [0.25, 0.3) is 0 Å². The number of sulfonamides is 1. The Morgan fingerprint density at radius 1 is 1.22 bits per heavy atom. The van der Waals surface area contributed by atoms with Crippen molar-refractivity contribution >= 4 is 21.9 Å². The minimum Gasteiger partial charge on any atom is -0.479 e. The maximum atomic E-state index is 12.5. The van der Waals surface area contributed by atoms with Crippen LogP contribution in [0.2, 0.25) is 0 Å². The van der Waals surface area contributed by atoms with E-state index in [9.17, 15) is 23.1 Å². The molecule has 2 heterocycles. The number of aliphatic carboxylic acids is 1. The highest BCUT2D eigenvalue weighted by Gasteiger charge is 2.38. The molecule has 0 bridgehead atoms. The summed E-state index contributed by atoms with van der Waals surface area (Å²) in [7, 11) is -3.38. The summed E-state index contributed by atoms with van der Waals surface area (Å²) in [6.45, 7) is 0.311. The average molecular weight is 338 g/mol. The van der Waals surface area contributed by atoms with Crippen molar-refractivity contribution in [2.45, 2.75) is 18.9 Å². The van der Waals surface area contributed by atoms with E-state index in [1.807, 2.05) is 12.1 Å². The van der Waals surface area contributed by atoms with Crippen molar-refractivity contribution in [3.63, 3.8) is 0 Å². The van der Waals surface area contributed by atoms with Crippen LogP contribution in [-0.2, 0) is 26.0 Å². The van der Waals surface area contributed by atoms with E-state index in [2.05, 4.69) is 0 Å². The molecular formula is C15H18N2O5S. The van der Waals surface area contributed by atoms with Crippen LogP contribution in [-0.4, -0.2) is 60.0 Å². The first-order valence-corrected chi connectivity index (χ1v) is 9.09. The molecule has 0 spiro atoms. The van der Waals surface area contributed by atoms with Gasteiger partial charge >= 0.3 is 5.97 Å². The lowest BCUT2D eigenvalue weighted by Gasteiger charge is -2.35. The lowest BCUT2D eigenvalue weighted by atomic mass is 9.92. The number of carboxylic acids is 1. The van der Waals surface area contributed by atoms with Crippen LogP contribution in [0, 0.1) is 0 Å². The fourth-order valence-electron chi connectivity index (χ4n) is 3.21. The van der Waals surface area contributed by atoms with E-state index >= 15 is 0 Å². The molecule has 1 N–H and O–H groups in total. The van der Waals surface area contributed by atoms with E-state index < -0.39 is 27.9 Å². The molecule has 1 saturated heterocycles. The lowest BCUT2D eigenvalue weighted by Crippen LogP contribution is -2.47. The Hall–Kier alpha value is -1.93. The molecule has 0 aromatic heterocycles. The van der Waals surface area contributed by atoms with Crippen LogP contribution in [0.15, 0.2) is 24.3 Å². The number of carboxylic acid groups (broad SMARTS) is 1. The number of nitrogens with zero attached hydrogens (tertiary/aromatic N) is 2. The summed E-state index contributed by atoms with van der Waals surface area (Å²) in [5.74, 6) is -1.52. The molecule has 124 valence electrons. The number of benzene rings is 1. The predicted molar refractivity (Wildman–Crippen MR) is 82.2 cm³/mol. The third-order valence-electron chi connectivity index (χ3n) is 4.35. The molecule has 0 radical (unpaired) electrons. The second-order valence-electron chi connectivity index (χ2n) is 5.78. The molecule has 7 nitrogen and oxygen atoms in total. The summed E-state index contributed by atoms with van der Waals surface area (Å²) >= 11 is 0. The van der Waals surface area contributed by atoms with Gasteiger partial charge in [0.2, 0.25) is 15.9 Å². The lowest BCUT2D eigenvalue weighted by molar-refractivity contribution is -0.151. The van der Waals surface area contributed by atoms with Gasteiger partial charge in [-0.1, -0.05) is 24.3 Å². The highest BCUT2D eigenvalue weighted by Crippen LogP contribution is 2.30. The molecule has 1 aromatic rings. The monoisotopic (exact) mass is 338 g/mol. The standard InChI is InChI=1S/C15H18N2O5S/c18-13(10-16-7-3-9-23(16,21)22)17-8-6-11-4-1-2-5-12(11)14(17)15(19)20/h1-2,4-5,14H,3,6-10H2,(H,19,20)/t14-/m0/s1. The van der Waals surface area contributed by atoms with Crippen molar-refractivity contribution in [3.8, 4) is 0 Å². The zero-order chi connectivity index (χ0) is 16.6. The Bertz CT molecular complexity index is 746. The zero-order valence-electron chi connectivity index (χ0n) is 12.5. The van der Waals surface area contributed by atoms with Crippen LogP contribution in [0.25, 0.3) is 0 Å². The first-order valence-electron chi connectivity index (χ1n) is 7.48. The summed E-state index contributed by atoms with van der Waals surface area (Å²) in [6.07, 6.45) is 1.07. The van der Waals surface area contributed by atoms with E-state index in [0.29, 0.717) is 24.9 Å². The third kappa shape index (κ3) is 2.96. The van der Waals surface area contributed by atoms with E-state index in [4.69, 9.17) is 0 Å². The fraction of sp³-hybridized carbons (Fsp3) is 0.467. The number of fused-ring (bicyclic) bond motifs is 1. The van der Waals surface area contributed by atoms with Gasteiger partial charge < -0.3 is 10.0 Å². The average Bonchev–Trinajstić information content (AvgIpc) is 2.84. The first-order chi connectivity index (χ1) is 10.9. The Morgan fingerprint density at radius 2 is 1.96 bits per heavy atom. The second kappa shape index (κ2) is 5.93. The fourth-order valence-corrected chi connectivity index (χ4v) is 4.68. The van der Waals surface area contributed by atoms with Crippen molar-refractivity contribution < 1.29 is 23.1 Å². The van der Waals surface area contributed by atoms with Crippen molar-refractivity contribution in [1.82, 2.24) is 9.21 Å². The van der Waals surface area contributed by atoms with Crippen molar-refractivity contribution in [2.24, 2.45) is 0 Å². The summed E-state index contributed by atoms with van der Waals surface area (Å²) in [4.78, 5) is 25.5. The highest BCUT2D eigenvalue weighted by molar-refractivity contribution is 7.89. The van der Waals surface area contributed by atoms with Gasteiger partial charge in [0, 0.05) is 13.1 Å². The maximum absolute atomic E-state index is 12.5. The minimum atomic E-state index is -3.38. The Morgan fingerprint density at radius 3 is 2.61 bits per heavy atom. The number of hydrogen-bond donors (Lipinski definition) is 1. The molecule has 3 rings (SSSR count). The van der Waals surface area contributed by atoms with Gasteiger partial charge in [-0.2, -0.15) is 4.31 Å². The van der Waals surface area contributed by atoms with Gasteiger partial charge in [0.1, 0.15) is 0 Å². The first kappa shape index (κ1) is 15.9. The number of carbonyl (C=O) groups excluding carboxylic acids is 1.